The number of methoxy groups -OCH3 is 1. The molecule has 3 rings (SSSR count). The van der Waals surface area contributed by atoms with Gasteiger partial charge in [0.1, 0.15) is 9.96 Å². The SMILES string of the molecule is COc1ccccc1CN(Cc1cccs1)C(=O)CN(C)S(=O)(=O)c1ccc(Cl)s1. The molecule has 30 heavy (non-hydrogen) atoms. The third-order valence-corrected chi connectivity index (χ3v) is 8.77. The Morgan fingerprint density at radius 3 is 2.50 bits per heavy atom. The molecule has 3 aromatic rings. The number of para-hydroxylation sites is 1. The first-order chi connectivity index (χ1) is 14.3. The maximum Gasteiger partial charge on any atom is 0.252 e. The van der Waals surface area contributed by atoms with Crippen LogP contribution in [0.15, 0.2) is 58.1 Å². The van der Waals surface area contributed by atoms with Crippen molar-refractivity contribution in [1.29, 1.82) is 0 Å². The van der Waals surface area contributed by atoms with E-state index < -0.39 is 10.0 Å². The van der Waals surface area contributed by atoms with E-state index in [1.54, 1.807) is 23.3 Å². The molecule has 6 nitrogen and oxygen atoms in total. The second-order valence-electron chi connectivity index (χ2n) is 6.46. The number of amides is 1. The molecular formula is C20H21ClN2O4S3. The molecule has 0 spiro atoms. The van der Waals surface area contributed by atoms with Crippen LogP contribution >= 0.6 is 34.3 Å². The maximum absolute atomic E-state index is 13.1. The minimum absolute atomic E-state index is 0.109. The normalized spacial score (nSPS) is 11.6. The average Bonchev–Trinajstić information content (AvgIpc) is 3.39. The number of likely N-dealkylation sites (N-methyl/N-ethyl adjacent to an activating group) is 1. The quantitative estimate of drug-likeness (QED) is 0.453. The van der Waals surface area contributed by atoms with Crippen molar-refractivity contribution >= 4 is 50.2 Å². The molecule has 10 heteroatoms. The predicted octanol–water partition coefficient (Wildman–Crippen LogP) is 4.32. The first-order valence-corrected chi connectivity index (χ1v) is 12.5. The predicted molar refractivity (Wildman–Crippen MR) is 121 cm³/mol. The van der Waals surface area contributed by atoms with Gasteiger partial charge in [0.25, 0.3) is 10.0 Å². The topological polar surface area (TPSA) is 66.9 Å². The number of carbonyl (C=O) groups is 1. The van der Waals surface area contributed by atoms with E-state index >= 15 is 0 Å². The summed E-state index contributed by atoms with van der Waals surface area (Å²) in [5.41, 5.74) is 0.848. The minimum Gasteiger partial charge on any atom is -0.496 e. The molecule has 0 aliphatic carbocycles. The van der Waals surface area contributed by atoms with Crippen LogP contribution in [0.5, 0.6) is 5.75 Å². The monoisotopic (exact) mass is 484 g/mol. The molecule has 1 amide bonds. The second-order valence-corrected chi connectivity index (χ2v) is 11.5. The van der Waals surface area contributed by atoms with Crippen molar-refractivity contribution in [1.82, 2.24) is 9.21 Å². The summed E-state index contributed by atoms with van der Waals surface area (Å²) >= 11 is 8.38. The van der Waals surface area contributed by atoms with Crippen LogP contribution in [-0.4, -0.2) is 44.2 Å². The fraction of sp³-hybridized carbons (Fsp3) is 0.250. The highest BCUT2D eigenvalue weighted by Crippen LogP contribution is 2.28. The van der Waals surface area contributed by atoms with E-state index in [2.05, 4.69) is 0 Å². The number of hydrogen-bond acceptors (Lipinski definition) is 6. The highest BCUT2D eigenvalue weighted by atomic mass is 35.5. The summed E-state index contributed by atoms with van der Waals surface area (Å²) in [6, 6.07) is 14.3. The number of sulfonamides is 1. The van der Waals surface area contributed by atoms with E-state index in [4.69, 9.17) is 16.3 Å². The van der Waals surface area contributed by atoms with E-state index in [-0.39, 0.29) is 16.7 Å². The summed E-state index contributed by atoms with van der Waals surface area (Å²) in [5, 5.41) is 1.94. The lowest BCUT2D eigenvalue weighted by Crippen LogP contribution is -2.40. The Bertz CT molecular complexity index is 1100. The number of ether oxygens (including phenoxy) is 1. The van der Waals surface area contributed by atoms with Gasteiger partial charge in [-0.1, -0.05) is 35.9 Å². The molecule has 0 radical (unpaired) electrons. The fourth-order valence-corrected chi connectivity index (χ4v) is 6.36. The summed E-state index contributed by atoms with van der Waals surface area (Å²) in [7, 11) is -0.820. The number of benzene rings is 1. The Kier molecular flexibility index (Phi) is 7.54. The van der Waals surface area contributed by atoms with Crippen molar-refractivity contribution in [3.8, 4) is 5.75 Å². The Hall–Kier alpha value is -1.91. The van der Waals surface area contributed by atoms with Crippen molar-refractivity contribution in [2.75, 3.05) is 20.7 Å². The molecule has 2 aromatic heterocycles. The minimum atomic E-state index is -3.80. The Morgan fingerprint density at radius 2 is 1.87 bits per heavy atom. The molecule has 160 valence electrons. The highest BCUT2D eigenvalue weighted by Gasteiger charge is 2.27. The number of nitrogens with zero attached hydrogens (tertiary/aromatic N) is 2. The first kappa shape index (κ1) is 22.8. The number of thiophene rings is 2. The van der Waals surface area contributed by atoms with Gasteiger partial charge in [0.15, 0.2) is 0 Å². The highest BCUT2D eigenvalue weighted by molar-refractivity contribution is 7.91. The second kappa shape index (κ2) is 9.93. The summed E-state index contributed by atoms with van der Waals surface area (Å²) in [6.07, 6.45) is 0. The lowest BCUT2D eigenvalue weighted by Gasteiger charge is -2.25. The maximum atomic E-state index is 13.1. The van der Waals surface area contributed by atoms with Crippen molar-refractivity contribution in [3.05, 3.63) is 68.7 Å². The van der Waals surface area contributed by atoms with E-state index in [9.17, 15) is 13.2 Å². The molecule has 0 N–H and O–H groups in total. The molecule has 0 unspecified atom stereocenters. The van der Waals surface area contributed by atoms with Gasteiger partial charge in [0, 0.05) is 24.0 Å². The standard InChI is InChI=1S/C20H21ClN2O4S3/c1-22(30(25,26)20-10-9-18(21)29-20)14-19(24)23(13-16-7-5-11-28-16)12-15-6-3-4-8-17(15)27-2/h3-11H,12-14H2,1-2H3. The molecule has 2 heterocycles. The molecule has 0 bridgehead atoms. The fourth-order valence-electron chi connectivity index (χ4n) is 2.83. The van der Waals surface area contributed by atoms with Gasteiger partial charge in [-0.25, -0.2) is 8.42 Å². The van der Waals surface area contributed by atoms with Gasteiger partial charge >= 0.3 is 0 Å². The largest absolute Gasteiger partial charge is 0.496 e. The van der Waals surface area contributed by atoms with Gasteiger partial charge < -0.3 is 9.64 Å². The molecule has 0 saturated heterocycles. The number of halogens is 1. The van der Waals surface area contributed by atoms with Gasteiger partial charge in [-0.3, -0.25) is 4.79 Å². The molecule has 1 aromatic carbocycles. The van der Waals surface area contributed by atoms with Crippen LogP contribution < -0.4 is 4.74 Å². The lowest BCUT2D eigenvalue weighted by molar-refractivity contribution is -0.132. The Balaban J connectivity index is 1.81. The lowest BCUT2D eigenvalue weighted by atomic mass is 10.2. The third-order valence-electron chi connectivity index (χ3n) is 4.40. The number of rotatable bonds is 9. The summed E-state index contributed by atoms with van der Waals surface area (Å²) < 4.78 is 32.5. The summed E-state index contributed by atoms with van der Waals surface area (Å²) in [5.74, 6) is 0.374. The summed E-state index contributed by atoms with van der Waals surface area (Å²) in [6.45, 7) is 0.408. The Labute approximate surface area is 189 Å². The molecular weight excluding hydrogens is 464 g/mol. The smallest absolute Gasteiger partial charge is 0.252 e. The van der Waals surface area contributed by atoms with Gasteiger partial charge in [0.2, 0.25) is 5.91 Å². The van der Waals surface area contributed by atoms with Crippen LogP contribution in [0.4, 0.5) is 0 Å². The zero-order valence-corrected chi connectivity index (χ0v) is 19.7. The molecule has 0 aliphatic rings. The number of carbonyl (C=O) groups excluding carboxylic acids is 1. The molecule has 0 saturated carbocycles. The van der Waals surface area contributed by atoms with Gasteiger partial charge in [-0.2, -0.15) is 4.31 Å². The molecule has 0 fully saturated rings. The van der Waals surface area contributed by atoms with E-state index in [1.165, 1.54) is 19.2 Å². The van der Waals surface area contributed by atoms with Crippen LogP contribution in [0.2, 0.25) is 4.34 Å². The van der Waals surface area contributed by atoms with Crippen molar-refractivity contribution in [2.45, 2.75) is 17.3 Å². The van der Waals surface area contributed by atoms with Crippen molar-refractivity contribution < 1.29 is 17.9 Å². The van der Waals surface area contributed by atoms with Crippen LogP contribution in [0.25, 0.3) is 0 Å². The average molecular weight is 485 g/mol. The van der Waals surface area contributed by atoms with Gasteiger partial charge in [-0.15, -0.1) is 22.7 Å². The zero-order chi connectivity index (χ0) is 21.7. The Morgan fingerprint density at radius 1 is 1.10 bits per heavy atom. The van der Waals surface area contributed by atoms with E-state index in [0.717, 1.165) is 26.1 Å². The molecule has 0 atom stereocenters. The van der Waals surface area contributed by atoms with Crippen molar-refractivity contribution in [3.63, 3.8) is 0 Å². The van der Waals surface area contributed by atoms with Crippen LogP contribution in [0, 0.1) is 0 Å². The van der Waals surface area contributed by atoms with Crippen molar-refractivity contribution in [2.24, 2.45) is 0 Å². The van der Waals surface area contributed by atoms with Gasteiger partial charge in [0.05, 0.1) is 24.5 Å². The third kappa shape index (κ3) is 5.41. The van der Waals surface area contributed by atoms with Gasteiger partial charge in [-0.05, 0) is 29.6 Å². The molecule has 0 aliphatic heterocycles. The van der Waals surface area contributed by atoms with E-state index in [0.29, 0.717) is 23.2 Å². The van der Waals surface area contributed by atoms with Crippen LogP contribution in [0.1, 0.15) is 10.4 Å². The number of hydrogen-bond donors (Lipinski definition) is 0. The summed E-state index contributed by atoms with van der Waals surface area (Å²) in [4.78, 5) is 15.8. The van der Waals surface area contributed by atoms with Crippen LogP contribution in [-0.2, 0) is 27.9 Å². The zero-order valence-electron chi connectivity index (χ0n) is 16.4. The van der Waals surface area contributed by atoms with Crippen LogP contribution in [0.3, 0.4) is 0 Å². The first-order valence-electron chi connectivity index (χ1n) is 8.95. The van der Waals surface area contributed by atoms with E-state index in [1.807, 2.05) is 41.8 Å².